The van der Waals surface area contributed by atoms with Gasteiger partial charge in [-0.2, -0.15) is 5.10 Å². The summed E-state index contributed by atoms with van der Waals surface area (Å²) < 4.78 is 1.76. The number of likely N-dealkylation sites (tertiary alicyclic amines) is 2. The Morgan fingerprint density at radius 3 is 2.93 bits per heavy atom. The predicted octanol–water partition coefficient (Wildman–Crippen LogP) is 2.10. The molecule has 2 fully saturated rings. The van der Waals surface area contributed by atoms with Crippen LogP contribution in [0.4, 0.5) is 0 Å². The smallest absolute Gasteiger partial charge is 0.258 e. The van der Waals surface area contributed by atoms with E-state index in [0.717, 1.165) is 49.9 Å². The first-order valence-corrected chi connectivity index (χ1v) is 10.7. The third-order valence-corrected chi connectivity index (χ3v) is 6.68. The summed E-state index contributed by atoms with van der Waals surface area (Å²) in [6.45, 7) is 7.04. The molecule has 4 heterocycles. The van der Waals surface area contributed by atoms with Gasteiger partial charge >= 0.3 is 0 Å². The quantitative estimate of drug-likeness (QED) is 0.858. The Kier molecular flexibility index (Phi) is 5.34. The third kappa shape index (κ3) is 3.31. The lowest BCUT2D eigenvalue weighted by Gasteiger charge is -2.53. The molecule has 0 saturated carbocycles. The SMILES string of the molecule is CCCNC(=O)[C@@]12CCCN(C(=O)c3cnn4cccc(C)c34)[C@H]1CN(C)CC2. The van der Waals surface area contributed by atoms with Crippen molar-refractivity contribution in [3.8, 4) is 0 Å². The first kappa shape index (κ1) is 19.9. The Balaban J connectivity index is 1.70. The molecule has 2 aliphatic heterocycles. The molecule has 0 spiro atoms. The van der Waals surface area contributed by atoms with E-state index < -0.39 is 5.41 Å². The number of amides is 2. The van der Waals surface area contributed by atoms with Crippen LogP contribution in [0.15, 0.2) is 24.5 Å². The predicted molar refractivity (Wildman–Crippen MR) is 112 cm³/mol. The third-order valence-electron chi connectivity index (χ3n) is 6.68. The van der Waals surface area contributed by atoms with Gasteiger partial charge in [0.15, 0.2) is 0 Å². The van der Waals surface area contributed by atoms with E-state index in [0.29, 0.717) is 18.7 Å². The maximum atomic E-state index is 13.7. The van der Waals surface area contributed by atoms with Gasteiger partial charge in [-0.3, -0.25) is 9.59 Å². The van der Waals surface area contributed by atoms with E-state index in [2.05, 4.69) is 29.3 Å². The van der Waals surface area contributed by atoms with Crippen molar-refractivity contribution in [2.75, 3.05) is 33.2 Å². The van der Waals surface area contributed by atoms with Crippen molar-refractivity contribution in [3.05, 3.63) is 35.7 Å². The van der Waals surface area contributed by atoms with Gasteiger partial charge in [-0.05, 0) is 57.8 Å². The second-order valence-corrected chi connectivity index (χ2v) is 8.58. The molecule has 156 valence electrons. The number of pyridine rings is 1. The standard InChI is InChI=1S/C22H31N5O2/c1-4-10-23-21(29)22-8-6-11-26(18(22)15-25(3)13-9-22)20(28)17-14-24-27-12-5-7-16(2)19(17)27/h5,7,12,14,18H,4,6,8-11,13,15H2,1-3H3,(H,23,29)/t18-,22+/m0/s1. The fraction of sp³-hybridized carbons (Fsp3) is 0.591. The summed E-state index contributed by atoms with van der Waals surface area (Å²) in [4.78, 5) is 31.1. The normalized spacial score (nSPS) is 25.1. The number of carbonyl (C=O) groups excluding carboxylic acids is 2. The molecule has 2 aromatic rings. The molecular formula is C22H31N5O2. The molecule has 2 aliphatic rings. The lowest BCUT2D eigenvalue weighted by atomic mass is 9.67. The number of aryl methyl sites for hydroxylation is 1. The van der Waals surface area contributed by atoms with Gasteiger partial charge in [-0.1, -0.05) is 13.0 Å². The number of fused-ring (bicyclic) bond motifs is 2. The van der Waals surface area contributed by atoms with Crippen LogP contribution >= 0.6 is 0 Å². The second kappa shape index (κ2) is 7.78. The average molecular weight is 398 g/mol. The summed E-state index contributed by atoms with van der Waals surface area (Å²) in [5.74, 6) is 0.105. The van der Waals surface area contributed by atoms with Crippen LogP contribution in [-0.4, -0.2) is 70.5 Å². The summed E-state index contributed by atoms with van der Waals surface area (Å²) in [6.07, 6.45) is 6.94. The lowest BCUT2D eigenvalue weighted by Crippen LogP contribution is -2.66. The van der Waals surface area contributed by atoms with Crippen LogP contribution in [0.25, 0.3) is 5.52 Å². The van der Waals surface area contributed by atoms with Gasteiger partial charge in [0.2, 0.25) is 5.91 Å². The highest BCUT2D eigenvalue weighted by molar-refractivity contribution is 6.02. The zero-order chi connectivity index (χ0) is 20.6. The van der Waals surface area contributed by atoms with E-state index in [9.17, 15) is 9.59 Å². The van der Waals surface area contributed by atoms with Crippen molar-refractivity contribution in [3.63, 3.8) is 0 Å². The molecule has 0 unspecified atom stereocenters. The van der Waals surface area contributed by atoms with Crippen molar-refractivity contribution >= 4 is 17.3 Å². The number of likely N-dealkylation sites (N-methyl/N-ethyl adjacent to an activating group) is 1. The highest BCUT2D eigenvalue weighted by Crippen LogP contribution is 2.43. The number of aromatic nitrogens is 2. The van der Waals surface area contributed by atoms with Gasteiger partial charge in [-0.15, -0.1) is 0 Å². The fourth-order valence-corrected chi connectivity index (χ4v) is 5.09. The Morgan fingerprint density at radius 1 is 1.31 bits per heavy atom. The molecule has 4 rings (SSSR count). The van der Waals surface area contributed by atoms with Gasteiger partial charge in [0.05, 0.1) is 28.7 Å². The van der Waals surface area contributed by atoms with Crippen LogP contribution in [0.2, 0.25) is 0 Å². The second-order valence-electron chi connectivity index (χ2n) is 8.58. The van der Waals surface area contributed by atoms with E-state index in [-0.39, 0.29) is 17.9 Å². The first-order valence-electron chi connectivity index (χ1n) is 10.7. The molecule has 2 atom stereocenters. The molecule has 2 saturated heterocycles. The fourth-order valence-electron chi connectivity index (χ4n) is 5.09. The van der Waals surface area contributed by atoms with Crippen LogP contribution in [-0.2, 0) is 4.79 Å². The van der Waals surface area contributed by atoms with Crippen LogP contribution < -0.4 is 5.32 Å². The van der Waals surface area contributed by atoms with Crippen molar-refractivity contribution in [1.82, 2.24) is 24.7 Å². The van der Waals surface area contributed by atoms with E-state index in [1.807, 2.05) is 30.2 Å². The Bertz CT molecular complexity index is 923. The molecule has 29 heavy (non-hydrogen) atoms. The molecule has 1 N–H and O–H groups in total. The van der Waals surface area contributed by atoms with Gasteiger partial charge in [0.25, 0.3) is 5.91 Å². The van der Waals surface area contributed by atoms with Gasteiger partial charge < -0.3 is 15.1 Å². The topological polar surface area (TPSA) is 70.0 Å². The number of rotatable bonds is 4. The number of nitrogens with zero attached hydrogens (tertiary/aromatic N) is 4. The highest BCUT2D eigenvalue weighted by atomic mass is 16.2. The summed E-state index contributed by atoms with van der Waals surface area (Å²) >= 11 is 0. The minimum Gasteiger partial charge on any atom is -0.356 e. The van der Waals surface area contributed by atoms with E-state index >= 15 is 0 Å². The molecule has 0 bridgehead atoms. The summed E-state index contributed by atoms with van der Waals surface area (Å²) in [6, 6.07) is 3.82. The van der Waals surface area contributed by atoms with Gasteiger partial charge in [0, 0.05) is 25.8 Å². The van der Waals surface area contributed by atoms with E-state index in [1.54, 1.807) is 10.7 Å². The first-order chi connectivity index (χ1) is 14.0. The highest BCUT2D eigenvalue weighted by Gasteiger charge is 2.53. The number of piperidine rings is 2. The summed E-state index contributed by atoms with van der Waals surface area (Å²) in [5, 5.41) is 7.51. The Labute approximate surface area is 172 Å². The van der Waals surface area contributed by atoms with E-state index in [4.69, 9.17) is 0 Å². The number of nitrogens with one attached hydrogen (secondary N) is 1. The van der Waals surface area contributed by atoms with Crippen LogP contribution in [0.1, 0.15) is 48.5 Å². The zero-order valence-corrected chi connectivity index (χ0v) is 17.6. The molecule has 0 aromatic carbocycles. The lowest BCUT2D eigenvalue weighted by molar-refractivity contribution is -0.142. The van der Waals surface area contributed by atoms with Crippen LogP contribution in [0.3, 0.4) is 0 Å². The minimum atomic E-state index is -0.492. The Hall–Kier alpha value is -2.41. The number of carbonyl (C=O) groups is 2. The average Bonchev–Trinajstić information content (AvgIpc) is 3.16. The van der Waals surface area contributed by atoms with E-state index in [1.165, 1.54) is 0 Å². The van der Waals surface area contributed by atoms with Crippen LogP contribution in [0.5, 0.6) is 0 Å². The van der Waals surface area contributed by atoms with Crippen molar-refractivity contribution in [2.24, 2.45) is 5.41 Å². The van der Waals surface area contributed by atoms with Crippen molar-refractivity contribution < 1.29 is 9.59 Å². The van der Waals surface area contributed by atoms with Crippen molar-refractivity contribution in [2.45, 2.75) is 45.6 Å². The summed E-state index contributed by atoms with van der Waals surface area (Å²) in [5.41, 5.74) is 2.01. The maximum Gasteiger partial charge on any atom is 0.258 e. The van der Waals surface area contributed by atoms with Crippen molar-refractivity contribution in [1.29, 1.82) is 0 Å². The minimum absolute atomic E-state index is 0.0121. The monoisotopic (exact) mass is 397 g/mol. The summed E-state index contributed by atoms with van der Waals surface area (Å²) in [7, 11) is 2.07. The number of hydrogen-bond donors (Lipinski definition) is 1. The molecule has 7 heteroatoms. The molecule has 2 aromatic heterocycles. The molecule has 2 amide bonds. The molecular weight excluding hydrogens is 366 g/mol. The molecule has 0 radical (unpaired) electrons. The van der Waals surface area contributed by atoms with Gasteiger partial charge in [-0.25, -0.2) is 4.52 Å². The zero-order valence-electron chi connectivity index (χ0n) is 17.6. The Morgan fingerprint density at radius 2 is 2.14 bits per heavy atom. The molecule has 0 aliphatic carbocycles. The maximum absolute atomic E-state index is 13.7. The van der Waals surface area contributed by atoms with Crippen LogP contribution in [0, 0.1) is 12.3 Å². The number of hydrogen-bond acceptors (Lipinski definition) is 4. The largest absolute Gasteiger partial charge is 0.356 e. The molecule has 7 nitrogen and oxygen atoms in total. The van der Waals surface area contributed by atoms with Gasteiger partial charge in [0.1, 0.15) is 0 Å².